The van der Waals surface area contributed by atoms with Crippen LogP contribution in [0.25, 0.3) is 0 Å². The van der Waals surface area contributed by atoms with Crippen molar-refractivity contribution in [1.29, 1.82) is 0 Å². The highest BCUT2D eigenvalue weighted by molar-refractivity contribution is 14.1. The molecule has 0 atom stereocenters. The fourth-order valence-electron chi connectivity index (χ4n) is 3.13. The van der Waals surface area contributed by atoms with E-state index in [1.54, 1.807) is 25.1 Å². The minimum atomic E-state index is -4.50. The lowest BCUT2D eigenvalue weighted by Gasteiger charge is -2.14. The van der Waals surface area contributed by atoms with Crippen LogP contribution in [0, 0.1) is 10.5 Å². The van der Waals surface area contributed by atoms with Gasteiger partial charge in [0, 0.05) is 0 Å². The summed E-state index contributed by atoms with van der Waals surface area (Å²) in [6.45, 7) is 3.78. The van der Waals surface area contributed by atoms with E-state index in [1.807, 2.05) is 29.5 Å². The predicted molar refractivity (Wildman–Crippen MR) is 140 cm³/mol. The SMILES string of the molecule is CCOc1cc(/C=N\NC(=O)Cc2cccc(C(F)(F)F)c2)cc(I)c1OS(=O)(=O)c1ccc(C)cc1. The predicted octanol–water partition coefficient (Wildman–Crippen LogP) is 5.48. The summed E-state index contributed by atoms with van der Waals surface area (Å²) in [4.78, 5) is 12.1. The Balaban J connectivity index is 1.74. The van der Waals surface area contributed by atoms with E-state index in [2.05, 4.69) is 10.5 Å². The molecule has 0 aliphatic rings. The Morgan fingerprint density at radius 2 is 1.81 bits per heavy atom. The van der Waals surface area contributed by atoms with E-state index in [1.165, 1.54) is 36.5 Å². The summed E-state index contributed by atoms with van der Waals surface area (Å²) >= 11 is 1.90. The average molecular weight is 646 g/mol. The first-order chi connectivity index (χ1) is 17.4. The fourth-order valence-corrected chi connectivity index (χ4v) is 4.97. The molecule has 3 aromatic rings. The van der Waals surface area contributed by atoms with Crippen molar-refractivity contribution in [2.45, 2.75) is 31.3 Å². The van der Waals surface area contributed by atoms with Gasteiger partial charge in [-0.1, -0.05) is 35.9 Å². The van der Waals surface area contributed by atoms with Crippen LogP contribution in [0.3, 0.4) is 0 Å². The second-order valence-electron chi connectivity index (χ2n) is 7.78. The number of nitrogens with zero attached hydrogens (tertiary/aromatic N) is 1. The highest BCUT2D eigenvalue weighted by Gasteiger charge is 2.30. The Labute approximate surface area is 225 Å². The molecule has 0 spiro atoms. The Kier molecular flexibility index (Phi) is 9.18. The van der Waals surface area contributed by atoms with Crippen molar-refractivity contribution in [3.63, 3.8) is 0 Å². The number of hydrazone groups is 1. The molecule has 1 amide bonds. The summed E-state index contributed by atoms with van der Waals surface area (Å²) < 4.78 is 75.5. The van der Waals surface area contributed by atoms with Crippen LogP contribution in [-0.4, -0.2) is 27.1 Å². The number of halogens is 4. The van der Waals surface area contributed by atoms with Gasteiger partial charge in [-0.05, 0) is 77.9 Å². The van der Waals surface area contributed by atoms with E-state index in [-0.39, 0.29) is 35.0 Å². The van der Waals surface area contributed by atoms with Gasteiger partial charge in [-0.25, -0.2) is 5.43 Å². The first kappa shape index (κ1) is 28.4. The van der Waals surface area contributed by atoms with Crippen molar-refractivity contribution >= 4 is 44.8 Å². The zero-order chi connectivity index (χ0) is 27.2. The molecule has 0 saturated heterocycles. The zero-order valence-corrected chi connectivity index (χ0v) is 22.6. The summed E-state index contributed by atoms with van der Waals surface area (Å²) in [5.41, 5.74) is 2.97. The number of hydrogen-bond donors (Lipinski definition) is 1. The van der Waals surface area contributed by atoms with Gasteiger partial charge >= 0.3 is 16.3 Å². The molecule has 0 heterocycles. The smallest absolute Gasteiger partial charge is 0.416 e. The Morgan fingerprint density at radius 1 is 1.11 bits per heavy atom. The van der Waals surface area contributed by atoms with Crippen LogP contribution in [0.4, 0.5) is 13.2 Å². The Bertz CT molecular complexity index is 1410. The molecule has 3 aromatic carbocycles. The van der Waals surface area contributed by atoms with Crippen molar-refractivity contribution in [1.82, 2.24) is 5.43 Å². The number of hydrogen-bond acceptors (Lipinski definition) is 6. The van der Waals surface area contributed by atoms with Gasteiger partial charge in [-0.15, -0.1) is 0 Å². The van der Waals surface area contributed by atoms with E-state index < -0.39 is 27.8 Å². The molecular weight excluding hydrogens is 624 g/mol. The van der Waals surface area contributed by atoms with E-state index in [9.17, 15) is 26.4 Å². The van der Waals surface area contributed by atoms with Gasteiger partial charge in [0.25, 0.3) is 0 Å². The topological polar surface area (TPSA) is 94.1 Å². The first-order valence-electron chi connectivity index (χ1n) is 10.8. The molecule has 1 N–H and O–H groups in total. The van der Waals surface area contributed by atoms with Gasteiger partial charge in [0.2, 0.25) is 5.91 Å². The number of amides is 1. The molecular formula is C25H22F3IN2O5S. The lowest BCUT2D eigenvalue weighted by atomic mass is 10.1. The van der Waals surface area contributed by atoms with Crippen LogP contribution in [-0.2, 0) is 27.5 Å². The Hall–Kier alpha value is -3.13. The summed E-state index contributed by atoms with van der Waals surface area (Å²) in [5, 5.41) is 3.85. The normalized spacial score (nSPS) is 11.9. The molecule has 7 nitrogen and oxygen atoms in total. The molecule has 0 unspecified atom stereocenters. The summed E-state index contributed by atoms with van der Waals surface area (Å²) in [5.74, 6) is -0.449. The number of rotatable bonds is 9. The summed E-state index contributed by atoms with van der Waals surface area (Å²) in [7, 11) is -4.12. The number of carbonyl (C=O) groups is 1. The van der Waals surface area contributed by atoms with E-state index in [0.717, 1.165) is 17.7 Å². The zero-order valence-electron chi connectivity index (χ0n) is 19.7. The van der Waals surface area contributed by atoms with Crippen molar-refractivity contribution in [3.05, 3.63) is 86.5 Å². The highest BCUT2D eigenvalue weighted by atomic mass is 127. The lowest BCUT2D eigenvalue weighted by Crippen LogP contribution is -2.20. The second-order valence-corrected chi connectivity index (χ2v) is 10.5. The largest absolute Gasteiger partial charge is 0.490 e. The van der Waals surface area contributed by atoms with Crippen molar-refractivity contribution in [2.24, 2.45) is 5.10 Å². The molecule has 0 aliphatic heterocycles. The third-order valence-corrected chi connectivity index (χ3v) is 6.89. The van der Waals surface area contributed by atoms with Gasteiger partial charge in [-0.3, -0.25) is 4.79 Å². The maximum Gasteiger partial charge on any atom is 0.416 e. The molecule has 37 heavy (non-hydrogen) atoms. The number of carbonyl (C=O) groups excluding carboxylic acids is 1. The monoisotopic (exact) mass is 646 g/mol. The molecule has 0 aliphatic carbocycles. The maximum absolute atomic E-state index is 12.9. The molecule has 3 rings (SSSR count). The standard InChI is InChI=1S/C25H22F3IN2O5S/c1-3-35-22-13-18(12-21(29)24(22)36-37(33,34)20-9-7-16(2)8-10-20)15-30-31-23(32)14-17-5-4-6-19(11-17)25(26,27)28/h4-13,15H,3,14H2,1-2H3,(H,31,32)/b30-15-. The van der Waals surface area contributed by atoms with Gasteiger partial charge in [0.05, 0.1) is 28.4 Å². The van der Waals surface area contributed by atoms with Crippen LogP contribution in [0.15, 0.2) is 70.7 Å². The quantitative estimate of drug-likeness (QED) is 0.144. The fraction of sp³-hybridized carbons (Fsp3) is 0.200. The van der Waals surface area contributed by atoms with E-state index in [0.29, 0.717) is 9.13 Å². The first-order valence-corrected chi connectivity index (χ1v) is 13.3. The maximum atomic E-state index is 12.9. The highest BCUT2D eigenvalue weighted by Crippen LogP contribution is 2.36. The number of alkyl halides is 3. The number of aryl methyl sites for hydroxylation is 1. The molecule has 0 fully saturated rings. The summed E-state index contributed by atoms with van der Waals surface area (Å²) in [6, 6.07) is 13.8. The van der Waals surface area contributed by atoms with Gasteiger partial charge in [0.15, 0.2) is 11.5 Å². The Morgan fingerprint density at radius 3 is 2.46 bits per heavy atom. The van der Waals surface area contributed by atoms with Crippen molar-refractivity contribution in [2.75, 3.05) is 6.61 Å². The molecule has 12 heteroatoms. The second kappa shape index (κ2) is 11.9. The van der Waals surface area contributed by atoms with Gasteiger partial charge < -0.3 is 8.92 Å². The van der Waals surface area contributed by atoms with Crippen molar-refractivity contribution in [3.8, 4) is 11.5 Å². The van der Waals surface area contributed by atoms with Gasteiger partial charge in [-0.2, -0.15) is 26.7 Å². The average Bonchev–Trinajstić information content (AvgIpc) is 2.81. The summed E-state index contributed by atoms with van der Waals surface area (Å²) in [6.07, 6.45) is -3.50. The van der Waals surface area contributed by atoms with E-state index in [4.69, 9.17) is 8.92 Å². The van der Waals surface area contributed by atoms with Crippen LogP contribution >= 0.6 is 22.6 Å². The van der Waals surface area contributed by atoms with Crippen LogP contribution in [0.2, 0.25) is 0 Å². The minimum Gasteiger partial charge on any atom is -0.490 e. The van der Waals surface area contributed by atoms with Crippen LogP contribution in [0.1, 0.15) is 29.2 Å². The molecule has 196 valence electrons. The number of benzene rings is 3. The van der Waals surface area contributed by atoms with Crippen LogP contribution < -0.4 is 14.3 Å². The van der Waals surface area contributed by atoms with Crippen LogP contribution in [0.5, 0.6) is 11.5 Å². The molecule has 0 bridgehead atoms. The minimum absolute atomic E-state index is 0.00811. The van der Waals surface area contributed by atoms with Crippen molar-refractivity contribution < 1.29 is 35.3 Å². The number of nitrogens with one attached hydrogen (secondary N) is 1. The van der Waals surface area contributed by atoms with Gasteiger partial charge in [0.1, 0.15) is 4.90 Å². The third kappa shape index (κ3) is 7.92. The molecule has 0 radical (unpaired) electrons. The van der Waals surface area contributed by atoms with E-state index >= 15 is 0 Å². The number of ether oxygens (including phenoxy) is 1. The molecule has 0 aromatic heterocycles. The third-order valence-electron chi connectivity index (χ3n) is 4.86. The lowest BCUT2D eigenvalue weighted by molar-refractivity contribution is -0.137. The molecule has 0 saturated carbocycles.